The van der Waals surface area contributed by atoms with Gasteiger partial charge in [-0.1, -0.05) is 67.9 Å². The summed E-state index contributed by atoms with van der Waals surface area (Å²) in [6.07, 6.45) is 3.10. The largest absolute Gasteiger partial charge is 0.311 e. The molecule has 0 amide bonds. The normalized spacial score (nSPS) is 10.6. The fraction of sp³-hybridized carbons (Fsp3) is 0.107. The Bertz CT molecular complexity index is 1080. The molecule has 30 heavy (non-hydrogen) atoms. The lowest BCUT2D eigenvalue weighted by Gasteiger charge is -2.26. The van der Waals surface area contributed by atoms with Gasteiger partial charge in [-0.2, -0.15) is 0 Å². The highest BCUT2D eigenvalue weighted by molar-refractivity contribution is 5.81. The van der Waals surface area contributed by atoms with E-state index in [1.165, 1.54) is 16.7 Å². The van der Waals surface area contributed by atoms with Crippen molar-refractivity contribution in [1.82, 2.24) is 0 Å². The number of rotatable bonds is 7. The zero-order valence-corrected chi connectivity index (χ0v) is 17.2. The quantitative estimate of drug-likeness (QED) is 0.302. The molecule has 0 radical (unpaired) electrons. The van der Waals surface area contributed by atoms with Crippen molar-refractivity contribution >= 4 is 23.3 Å². The van der Waals surface area contributed by atoms with E-state index >= 15 is 0 Å². The summed E-state index contributed by atoms with van der Waals surface area (Å²) >= 11 is 0. The van der Waals surface area contributed by atoms with Gasteiger partial charge in [0.25, 0.3) is 0 Å². The van der Waals surface area contributed by atoms with Crippen LogP contribution in [0.5, 0.6) is 0 Å². The number of aldehydes is 1. The van der Waals surface area contributed by atoms with Crippen LogP contribution in [-0.4, -0.2) is 6.29 Å². The maximum absolute atomic E-state index is 11.1. The van der Waals surface area contributed by atoms with E-state index in [1.807, 2.05) is 30.3 Å². The first-order valence-corrected chi connectivity index (χ1v) is 10.4. The van der Waals surface area contributed by atoms with E-state index in [9.17, 15) is 4.79 Å². The van der Waals surface area contributed by atoms with Crippen LogP contribution in [0.2, 0.25) is 0 Å². The Balaban J connectivity index is 1.73. The van der Waals surface area contributed by atoms with Crippen molar-refractivity contribution in [2.45, 2.75) is 19.8 Å². The van der Waals surface area contributed by atoms with Crippen LogP contribution in [0.25, 0.3) is 11.1 Å². The van der Waals surface area contributed by atoms with Crippen molar-refractivity contribution in [1.29, 1.82) is 0 Å². The highest BCUT2D eigenvalue weighted by Gasteiger charge is 2.13. The molecular formula is C28H25NO. The van der Waals surface area contributed by atoms with Gasteiger partial charge in [-0.15, -0.1) is 0 Å². The van der Waals surface area contributed by atoms with Crippen LogP contribution >= 0.6 is 0 Å². The summed E-state index contributed by atoms with van der Waals surface area (Å²) in [5.41, 5.74) is 7.62. The Morgan fingerprint density at radius 2 is 1.13 bits per heavy atom. The van der Waals surface area contributed by atoms with Crippen LogP contribution in [0, 0.1) is 0 Å². The van der Waals surface area contributed by atoms with Gasteiger partial charge in [0.1, 0.15) is 6.29 Å². The van der Waals surface area contributed by atoms with Crippen LogP contribution < -0.4 is 4.90 Å². The summed E-state index contributed by atoms with van der Waals surface area (Å²) < 4.78 is 0. The monoisotopic (exact) mass is 391 g/mol. The molecule has 148 valence electrons. The smallest absolute Gasteiger partial charge is 0.150 e. The van der Waals surface area contributed by atoms with Crippen LogP contribution in [0.3, 0.4) is 0 Å². The summed E-state index contributed by atoms with van der Waals surface area (Å²) in [4.78, 5) is 13.3. The van der Waals surface area contributed by atoms with E-state index in [4.69, 9.17) is 0 Å². The zero-order valence-electron chi connectivity index (χ0n) is 17.2. The van der Waals surface area contributed by atoms with Crippen molar-refractivity contribution in [3.63, 3.8) is 0 Å². The SMILES string of the molecule is CCCc1ccc(N(c2ccc(C=O)cc2)c2ccc(-c3ccccc3)cc2)cc1. The number of anilines is 3. The molecule has 2 heteroatoms. The lowest BCUT2D eigenvalue weighted by molar-refractivity contribution is 0.112. The second-order valence-corrected chi connectivity index (χ2v) is 7.37. The molecule has 0 aromatic heterocycles. The van der Waals surface area contributed by atoms with E-state index in [0.717, 1.165) is 36.2 Å². The molecule has 0 saturated heterocycles. The van der Waals surface area contributed by atoms with Gasteiger partial charge in [0, 0.05) is 22.6 Å². The fourth-order valence-electron chi connectivity index (χ4n) is 3.68. The van der Waals surface area contributed by atoms with Gasteiger partial charge >= 0.3 is 0 Å². The second-order valence-electron chi connectivity index (χ2n) is 7.37. The highest BCUT2D eigenvalue weighted by Crippen LogP contribution is 2.35. The van der Waals surface area contributed by atoms with E-state index in [1.54, 1.807) is 0 Å². The van der Waals surface area contributed by atoms with Crippen molar-refractivity contribution in [2.75, 3.05) is 4.90 Å². The number of carbonyl (C=O) groups is 1. The Kier molecular flexibility index (Phi) is 6.05. The molecule has 2 nitrogen and oxygen atoms in total. The van der Waals surface area contributed by atoms with Crippen LogP contribution in [0.15, 0.2) is 103 Å². The molecule has 4 aromatic carbocycles. The predicted octanol–water partition coefficient (Wildman–Crippen LogP) is 7.59. The van der Waals surface area contributed by atoms with Crippen LogP contribution in [0.4, 0.5) is 17.1 Å². The number of hydrogen-bond acceptors (Lipinski definition) is 2. The average molecular weight is 392 g/mol. The molecule has 0 saturated carbocycles. The molecule has 0 unspecified atom stereocenters. The Labute approximate surface area is 178 Å². The minimum atomic E-state index is 0.677. The number of carbonyl (C=O) groups excluding carboxylic acids is 1. The third-order valence-corrected chi connectivity index (χ3v) is 5.25. The van der Waals surface area contributed by atoms with Crippen LogP contribution in [-0.2, 0) is 6.42 Å². The minimum absolute atomic E-state index is 0.677. The van der Waals surface area contributed by atoms with Gasteiger partial charge in [0.2, 0.25) is 0 Å². The Morgan fingerprint density at radius 3 is 1.67 bits per heavy atom. The standard InChI is InChI=1S/C28H25NO/c1-2-6-22-9-15-26(16-10-22)29(27-17-11-23(21-30)12-18-27)28-19-13-25(14-20-28)24-7-4-3-5-8-24/h3-5,7-21H,2,6H2,1H3. The molecule has 0 atom stereocenters. The van der Waals surface area contributed by atoms with Crippen molar-refractivity contribution in [3.05, 3.63) is 114 Å². The lowest BCUT2D eigenvalue weighted by atomic mass is 10.0. The summed E-state index contributed by atoms with van der Waals surface area (Å²) in [6, 6.07) is 35.4. The van der Waals surface area contributed by atoms with E-state index in [-0.39, 0.29) is 0 Å². The maximum atomic E-state index is 11.1. The van der Waals surface area contributed by atoms with Crippen molar-refractivity contribution < 1.29 is 4.79 Å². The summed E-state index contributed by atoms with van der Waals surface area (Å²) in [5, 5.41) is 0. The first-order valence-electron chi connectivity index (χ1n) is 10.4. The Hall–Kier alpha value is -3.65. The summed E-state index contributed by atoms with van der Waals surface area (Å²) in [6.45, 7) is 2.20. The van der Waals surface area contributed by atoms with Gasteiger partial charge < -0.3 is 4.90 Å². The van der Waals surface area contributed by atoms with E-state index in [2.05, 4.69) is 84.6 Å². The third-order valence-electron chi connectivity index (χ3n) is 5.25. The second kappa shape index (κ2) is 9.23. The number of hydrogen-bond donors (Lipinski definition) is 0. The molecule has 0 heterocycles. The average Bonchev–Trinajstić information content (AvgIpc) is 2.82. The highest BCUT2D eigenvalue weighted by atomic mass is 16.1. The summed E-state index contributed by atoms with van der Waals surface area (Å²) in [7, 11) is 0. The van der Waals surface area contributed by atoms with Crippen molar-refractivity contribution in [2.24, 2.45) is 0 Å². The van der Waals surface area contributed by atoms with Crippen LogP contribution in [0.1, 0.15) is 29.3 Å². The Morgan fingerprint density at radius 1 is 0.633 bits per heavy atom. The van der Waals surface area contributed by atoms with Gasteiger partial charge in [-0.05, 0) is 71.6 Å². The van der Waals surface area contributed by atoms with Gasteiger partial charge in [0.05, 0.1) is 0 Å². The molecule has 0 aliphatic rings. The zero-order chi connectivity index (χ0) is 20.8. The molecule has 0 fully saturated rings. The third kappa shape index (κ3) is 4.33. The van der Waals surface area contributed by atoms with Gasteiger partial charge in [-0.3, -0.25) is 4.79 Å². The first kappa shape index (κ1) is 19.7. The van der Waals surface area contributed by atoms with E-state index in [0.29, 0.717) is 5.56 Å². The molecule has 4 aromatic rings. The molecule has 0 bridgehead atoms. The topological polar surface area (TPSA) is 20.3 Å². The molecule has 0 spiro atoms. The van der Waals surface area contributed by atoms with E-state index < -0.39 is 0 Å². The fourth-order valence-corrected chi connectivity index (χ4v) is 3.68. The lowest BCUT2D eigenvalue weighted by Crippen LogP contribution is -2.10. The minimum Gasteiger partial charge on any atom is -0.311 e. The molecule has 0 aliphatic carbocycles. The number of benzene rings is 4. The first-order chi connectivity index (χ1) is 14.8. The molecule has 4 rings (SSSR count). The molecular weight excluding hydrogens is 366 g/mol. The predicted molar refractivity (Wildman–Crippen MR) is 126 cm³/mol. The molecule has 0 aliphatic heterocycles. The van der Waals surface area contributed by atoms with Crippen molar-refractivity contribution in [3.8, 4) is 11.1 Å². The summed E-state index contributed by atoms with van der Waals surface area (Å²) in [5.74, 6) is 0. The van der Waals surface area contributed by atoms with Gasteiger partial charge in [-0.25, -0.2) is 0 Å². The maximum Gasteiger partial charge on any atom is 0.150 e. The number of nitrogens with zero attached hydrogens (tertiary/aromatic N) is 1. The van der Waals surface area contributed by atoms with Gasteiger partial charge in [0.15, 0.2) is 0 Å². The number of aryl methyl sites for hydroxylation is 1. The molecule has 0 N–H and O–H groups in total.